The minimum atomic E-state index is -0.514. The van der Waals surface area contributed by atoms with E-state index < -0.39 is 4.92 Å². The van der Waals surface area contributed by atoms with E-state index in [1.807, 2.05) is 30.3 Å². The van der Waals surface area contributed by atoms with Gasteiger partial charge in [-0.3, -0.25) is 15.1 Å². The van der Waals surface area contributed by atoms with E-state index in [0.717, 1.165) is 27.6 Å². The summed E-state index contributed by atoms with van der Waals surface area (Å²) in [6.07, 6.45) is 2.95. The highest BCUT2D eigenvalue weighted by atomic mass is 35.5. The van der Waals surface area contributed by atoms with Gasteiger partial charge in [0.25, 0.3) is 0 Å². The number of benzene rings is 2. The zero-order valence-electron chi connectivity index (χ0n) is 15.6. The molecule has 0 radical (unpaired) electrons. The van der Waals surface area contributed by atoms with Gasteiger partial charge in [0.1, 0.15) is 12.1 Å². The van der Waals surface area contributed by atoms with Gasteiger partial charge in [-0.15, -0.1) is 0 Å². The first-order valence-corrected chi connectivity index (χ1v) is 9.88. The van der Waals surface area contributed by atoms with Crippen molar-refractivity contribution >= 4 is 51.5 Å². The molecule has 0 unspecified atom stereocenters. The van der Waals surface area contributed by atoms with Crippen LogP contribution in [0.25, 0.3) is 10.9 Å². The maximum absolute atomic E-state index is 11.9. The van der Waals surface area contributed by atoms with Gasteiger partial charge in [0.15, 0.2) is 5.03 Å². The summed E-state index contributed by atoms with van der Waals surface area (Å²) in [5.41, 5.74) is 0.941. The third-order valence-corrected chi connectivity index (χ3v) is 5.46. The third-order valence-electron chi connectivity index (χ3n) is 4.19. The maximum Gasteiger partial charge on any atom is 0.343 e. The lowest BCUT2D eigenvalue weighted by Crippen LogP contribution is -2.04. The second-order valence-electron chi connectivity index (χ2n) is 6.04. The number of ether oxygens (including phenoxy) is 1. The Morgan fingerprint density at radius 1 is 1.13 bits per heavy atom. The molecule has 8 nitrogen and oxygen atoms in total. The molecule has 0 aliphatic heterocycles. The first kappa shape index (κ1) is 19.9. The zero-order chi connectivity index (χ0) is 21.1. The lowest BCUT2D eigenvalue weighted by Gasteiger charge is -2.12. The Balaban J connectivity index is 1.77. The van der Waals surface area contributed by atoms with E-state index in [2.05, 4.69) is 20.3 Å². The Morgan fingerprint density at radius 3 is 2.77 bits per heavy atom. The summed E-state index contributed by atoms with van der Waals surface area (Å²) in [7, 11) is 1.50. The number of pyridine rings is 1. The largest absolute Gasteiger partial charge is 0.495 e. The summed E-state index contributed by atoms with van der Waals surface area (Å²) in [5.74, 6) is 0.506. The highest BCUT2D eigenvalue weighted by Gasteiger charge is 2.25. The Kier molecular flexibility index (Phi) is 5.64. The van der Waals surface area contributed by atoms with E-state index in [0.29, 0.717) is 16.5 Å². The highest BCUT2D eigenvalue weighted by molar-refractivity contribution is 7.99. The van der Waals surface area contributed by atoms with Crippen LogP contribution in [0.2, 0.25) is 5.02 Å². The summed E-state index contributed by atoms with van der Waals surface area (Å²) < 4.78 is 5.30. The molecule has 30 heavy (non-hydrogen) atoms. The number of nitro groups is 1. The van der Waals surface area contributed by atoms with Gasteiger partial charge in [-0.2, -0.15) is 0 Å². The Hall–Kier alpha value is -3.43. The van der Waals surface area contributed by atoms with E-state index in [1.165, 1.54) is 13.4 Å². The number of hydrogen-bond donors (Lipinski definition) is 1. The van der Waals surface area contributed by atoms with Gasteiger partial charge in [0.05, 0.1) is 23.2 Å². The van der Waals surface area contributed by atoms with Gasteiger partial charge in [0, 0.05) is 21.5 Å². The van der Waals surface area contributed by atoms with Gasteiger partial charge in [-0.05, 0) is 30.3 Å². The topological polar surface area (TPSA) is 103 Å². The van der Waals surface area contributed by atoms with Gasteiger partial charge in [-0.1, -0.05) is 41.6 Å². The number of hydrogen-bond acceptors (Lipinski definition) is 8. The van der Waals surface area contributed by atoms with E-state index in [-0.39, 0.29) is 16.5 Å². The van der Waals surface area contributed by atoms with Crippen molar-refractivity contribution in [3.63, 3.8) is 0 Å². The molecule has 0 bridgehead atoms. The fourth-order valence-corrected chi connectivity index (χ4v) is 4.02. The predicted octanol–water partition coefficient (Wildman–Crippen LogP) is 5.49. The van der Waals surface area contributed by atoms with Gasteiger partial charge in [-0.25, -0.2) is 9.97 Å². The number of nitrogens with zero attached hydrogens (tertiary/aromatic N) is 4. The molecule has 4 rings (SSSR count). The van der Waals surface area contributed by atoms with Gasteiger partial charge < -0.3 is 10.1 Å². The average Bonchev–Trinajstić information content (AvgIpc) is 2.74. The zero-order valence-corrected chi connectivity index (χ0v) is 17.1. The van der Waals surface area contributed by atoms with Crippen LogP contribution in [0.1, 0.15) is 0 Å². The van der Waals surface area contributed by atoms with Crippen LogP contribution in [0.15, 0.2) is 71.0 Å². The molecular weight excluding hydrogens is 426 g/mol. The minimum Gasteiger partial charge on any atom is -0.495 e. The molecule has 0 atom stereocenters. The predicted molar refractivity (Wildman–Crippen MR) is 116 cm³/mol. The number of fused-ring (bicyclic) bond motifs is 1. The number of anilines is 2. The molecule has 2 aromatic heterocycles. The fraction of sp³-hybridized carbons (Fsp3) is 0.0500. The highest BCUT2D eigenvalue weighted by Crippen LogP contribution is 2.40. The number of rotatable bonds is 6. The van der Waals surface area contributed by atoms with Crippen LogP contribution in [0.5, 0.6) is 5.75 Å². The summed E-state index contributed by atoms with van der Waals surface area (Å²) in [6, 6.07) is 14.3. The van der Waals surface area contributed by atoms with Crippen molar-refractivity contribution in [3.05, 3.63) is 76.2 Å². The number of aromatic nitrogens is 3. The molecule has 10 heteroatoms. The molecule has 0 saturated heterocycles. The monoisotopic (exact) mass is 439 g/mol. The van der Waals surface area contributed by atoms with Crippen LogP contribution in [-0.4, -0.2) is 27.0 Å². The SMILES string of the molecule is COc1ccc(Cl)cc1Nc1ncnc(Sc2cccc3cccnc23)c1[N+](=O)[O-]. The standard InChI is InChI=1S/C20H14ClN5O3S/c1-29-15-8-7-13(21)10-14(15)25-19-18(26(27)28)20(24-11-23-19)30-16-6-2-4-12-5-3-9-22-17(12)16/h2-11H,1H3,(H,23,24,25). The van der Waals surface area contributed by atoms with E-state index in [4.69, 9.17) is 16.3 Å². The molecular formula is C20H14ClN5O3S. The lowest BCUT2D eigenvalue weighted by atomic mass is 10.2. The molecule has 0 spiro atoms. The van der Waals surface area contributed by atoms with Crippen molar-refractivity contribution in [2.45, 2.75) is 9.92 Å². The molecule has 150 valence electrons. The van der Waals surface area contributed by atoms with Crippen molar-refractivity contribution in [1.29, 1.82) is 0 Å². The van der Waals surface area contributed by atoms with Crippen LogP contribution in [-0.2, 0) is 0 Å². The quantitative estimate of drug-likeness (QED) is 0.239. The molecule has 0 aliphatic rings. The fourth-order valence-electron chi connectivity index (χ4n) is 2.86. The number of nitrogens with one attached hydrogen (secondary N) is 1. The molecule has 4 aromatic rings. The van der Waals surface area contributed by atoms with Crippen molar-refractivity contribution in [1.82, 2.24) is 15.0 Å². The molecule has 2 aromatic carbocycles. The van der Waals surface area contributed by atoms with Crippen molar-refractivity contribution in [2.24, 2.45) is 0 Å². The summed E-state index contributed by atoms with van der Waals surface area (Å²) >= 11 is 7.22. The van der Waals surface area contributed by atoms with Crippen LogP contribution < -0.4 is 10.1 Å². The Morgan fingerprint density at radius 2 is 1.97 bits per heavy atom. The molecule has 1 N–H and O–H groups in total. The summed E-state index contributed by atoms with van der Waals surface area (Å²) in [4.78, 5) is 24.8. The van der Waals surface area contributed by atoms with Crippen LogP contribution in [0, 0.1) is 10.1 Å². The number of halogens is 1. The maximum atomic E-state index is 11.9. The molecule has 2 heterocycles. The second kappa shape index (κ2) is 8.52. The third kappa shape index (κ3) is 3.98. The van der Waals surface area contributed by atoms with Crippen molar-refractivity contribution in [3.8, 4) is 5.75 Å². The molecule has 0 amide bonds. The first-order chi connectivity index (χ1) is 14.6. The van der Waals surface area contributed by atoms with Crippen molar-refractivity contribution < 1.29 is 9.66 Å². The van der Waals surface area contributed by atoms with Crippen LogP contribution in [0.3, 0.4) is 0 Å². The second-order valence-corrected chi connectivity index (χ2v) is 7.50. The van der Waals surface area contributed by atoms with Crippen LogP contribution in [0.4, 0.5) is 17.2 Å². The molecule has 0 aliphatic carbocycles. The van der Waals surface area contributed by atoms with E-state index >= 15 is 0 Å². The smallest absolute Gasteiger partial charge is 0.343 e. The first-order valence-electron chi connectivity index (χ1n) is 8.68. The number of methoxy groups -OCH3 is 1. The Bertz CT molecular complexity index is 1250. The van der Waals surface area contributed by atoms with Gasteiger partial charge in [0.2, 0.25) is 5.82 Å². The minimum absolute atomic E-state index is 0.0336. The van der Waals surface area contributed by atoms with E-state index in [9.17, 15) is 10.1 Å². The number of para-hydroxylation sites is 1. The average molecular weight is 440 g/mol. The molecule has 0 fully saturated rings. The summed E-state index contributed by atoms with van der Waals surface area (Å²) in [6.45, 7) is 0. The van der Waals surface area contributed by atoms with E-state index in [1.54, 1.807) is 24.4 Å². The van der Waals surface area contributed by atoms with Gasteiger partial charge >= 0.3 is 5.69 Å². The Labute approximate surface area is 180 Å². The normalized spacial score (nSPS) is 10.7. The van der Waals surface area contributed by atoms with Crippen molar-refractivity contribution in [2.75, 3.05) is 12.4 Å². The summed E-state index contributed by atoms with van der Waals surface area (Å²) in [5, 5.41) is 16.4. The molecule has 0 saturated carbocycles. The van der Waals surface area contributed by atoms with Crippen LogP contribution >= 0.6 is 23.4 Å². The lowest BCUT2D eigenvalue weighted by molar-refractivity contribution is -0.387.